The van der Waals surface area contributed by atoms with Crippen molar-refractivity contribution in [3.63, 3.8) is 0 Å². The molecule has 0 aliphatic carbocycles. The van der Waals surface area contributed by atoms with Crippen LogP contribution in [0.2, 0.25) is 0 Å². The number of rotatable bonds is 3. The van der Waals surface area contributed by atoms with Crippen LogP contribution in [0.5, 0.6) is 0 Å². The van der Waals surface area contributed by atoms with Gasteiger partial charge in [-0.3, -0.25) is 0 Å². The number of hydrogen-bond donors (Lipinski definition) is 1. The van der Waals surface area contributed by atoms with E-state index in [1.807, 2.05) is 19.1 Å². The molecule has 3 heterocycles. The summed E-state index contributed by atoms with van der Waals surface area (Å²) in [6.07, 6.45) is 4.27. The molecule has 2 aromatic heterocycles. The van der Waals surface area contributed by atoms with Gasteiger partial charge in [0.05, 0.1) is 4.90 Å². The first-order chi connectivity index (χ1) is 13.9. The maximum absolute atomic E-state index is 13.4. The molecular weight excluding hydrogens is 450 g/mol. The number of aryl methyl sites for hydroxylation is 1. The summed E-state index contributed by atoms with van der Waals surface area (Å²) in [5, 5.41) is 4.15. The summed E-state index contributed by atoms with van der Waals surface area (Å²) in [5.41, 5.74) is 5.64. The van der Waals surface area contributed by atoms with Crippen LogP contribution in [0.1, 0.15) is 11.1 Å². The van der Waals surface area contributed by atoms with Crippen molar-refractivity contribution < 1.29 is 8.42 Å². The average Bonchev–Trinajstić information content (AvgIpc) is 3.32. The largest absolute Gasteiger partial charge is 0.384 e. The fraction of sp³-hybridized carbons (Fsp3) is 0.136. The van der Waals surface area contributed by atoms with Gasteiger partial charge < -0.3 is 5.32 Å². The Bertz CT molecular complexity index is 1360. The number of anilines is 1. The first kappa shape index (κ1) is 18.4. The molecule has 2 aromatic carbocycles. The zero-order chi connectivity index (χ0) is 20.2. The molecule has 1 N–H and O–H groups in total. The van der Waals surface area contributed by atoms with Gasteiger partial charge in [0.2, 0.25) is 0 Å². The molecule has 0 amide bonds. The zero-order valence-corrected chi connectivity index (χ0v) is 18.1. The number of benzene rings is 2. The second-order valence-electron chi connectivity index (χ2n) is 7.23. The fourth-order valence-electron chi connectivity index (χ4n) is 3.76. The van der Waals surface area contributed by atoms with Crippen molar-refractivity contribution >= 4 is 42.7 Å². The minimum atomic E-state index is -3.77. The zero-order valence-electron chi connectivity index (χ0n) is 15.7. The summed E-state index contributed by atoms with van der Waals surface area (Å²) in [6.45, 7) is 2.86. The quantitative estimate of drug-likeness (QED) is 0.461. The lowest BCUT2D eigenvalue weighted by Crippen LogP contribution is -2.12. The van der Waals surface area contributed by atoms with Crippen LogP contribution in [0.3, 0.4) is 0 Å². The van der Waals surface area contributed by atoms with Crippen molar-refractivity contribution in [3.8, 4) is 11.1 Å². The van der Waals surface area contributed by atoms with Gasteiger partial charge in [-0.25, -0.2) is 17.4 Å². The molecule has 0 bridgehead atoms. The number of nitrogens with one attached hydrogen (secondary N) is 1. The third-order valence-corrected chi connectivity index (χ3v) is 7.38. The van der Waals surface area contributed by atoms with Crippen LogP contribution in [-0.4, -0.2) is 23.9 Å². The number of fused-ring (bicyclic) bond motifs is 2. The van der Waals surface area contributed by atoms with Crippen molar-refractivity contribution in [1.82, 2.24) is 8.96 Å². The van der Waals surface area contributed by atoms with E-state index in [4.69, 9.17) is 0 Å². The molecule has 5 nitrogen and oxygen atoms in total. The third-order valence-electron chi connectivity index (χ3n) is 5.28. The molecule has 0 radical (unpaired) electrons. The van der Waals surface area contributed by atoms with Crippen molar-refractivity contribution in [1.29, 1.82) is 0 Å². The molecule has 0 atom stereocenters. The van der Waals surface area contributed by atoms with Gasteiger partial charge in [-0.2, -0.15) is 0 Å². The summed E-state index contributed by atoms with van der Waals surface area (Å²) in [4.78, 5) is 4.68. The molecule has 0 saturated heterocycles. The maximum atomic E-state index is 13.4. The van der Waals surface area contributed by atoms with Crippen LogP contribution in [0.15, 0.2) is 70.3 Å². The highest BCUT2D eigenvalue weighted by Gasteiger charge is 2.23. The van der Waals surface area contributed by atoms with E-state index >= 15 is 0 Å². The number of aromatic nitrogens is 2. The number of pyridine rings is 1. The van der Waals surface area contributed by atoms with E-state index < -0.39 is 10.0 Å². The van der Waals surface area contributed by atoms with E-state index in [0.29, 0.717) is 5.65 Å². The molecule has 146 valence electrons. The lowest BCUT2D eigenvalue weighted by atomic mass is 10.0. The molecule has 7 heteroatoms. The maximum Gasteiger partial charge on any atom is 0.269 e. The number of hydrogen-bond acceptors (Lipinski definition) is 4. The molecule has 0 fully saturated rings. The number of halogens is 1. The first-order valence-corrected chi connectivity index (χ1v) is 11.5. The summed E-state index contributed by atoms with van der Waals surface area (Å²) in [5.74, 6) is 0. The standard InChI is InChI=1S/C22H18BrN3O2S/c1-14-2-5-18(6-3-14)29(27,28)26-13-20(19-11-17(23)12-25-22(19)26)15-4-7-21-16(10-15)8-9-24-21/h2-7,10-13,24H,8-9H2,1H3. The lowest BCUT2D eigenvalue weighted by molar-refractivity contribution is 0.589. The Kier molecular flexibility index (Phi) is 4.26. The smallest absolute Gasteiger partial charge is 0.269 e. The molecule has 1 aliphatic rings. The highest BCUT2D eigenvalue weighted by atomic mass is 79.9. The molecule has 0 saturated carbocycles. The Labute approximate surface area is 177 Å². The summed E-state index contributed by atoms with van der Waals surface area (Å²) < 4.78 is 28.9. The molecule has 0 unspecified atom stereocenters. The molecule has 0 spiro atoms. The number of nitrogens with zero attached hydrogens (tertiary/aromatic N) is 2. The van der Waals surface area contributed by atoms with E-state index in [9.17, 15) is 8.42 Å². The van der Waals surface area contributed by atoms with Crippen LogP contribution in [0, 0.1) is 6.92 Å². The molecule has 5 rings (SSSR count). The Hall–Kier alpha value is -2.64. The predicted molar refractivity (Wildman–Crippen MR) is 119 cm³/mol. The highest BCUT2D eigenvalue weighted by Crippen LogP contribution is 2.36. The average molecular weight is 468 g/mol. The Morgan fingerprint density at radius 2 is 1.90 bits per heavy atom. The van der Waals surface area contributed by atoms with Crippen LogP contribution in [0.4, 0.5) is 5.69 Å². The third kappa shape index (κ3) is 3.05. The molecule has 1 aliphatic heterocycles. The van der Waals surface area contributed by atoms with Crippen molar-refractivity contribution in [2.24, 2.45) is 0 Å². The van der Waals surface area contributed by atoms with Crippen LogP contribution >= 0.6 is 15.9 Å². The Morgan fingerprint density at radius 1 is 1.10 bits per heavy atom. The van der Waals surface area contributed by atoms with E-state index in [1.165, 1.54) is 9.54 Å². The minimum Gasteiger partial charge on any atom is -0.384 e. The second-order valence-corrected chi connectivity index (χ2v) is 9.96. The van der Waals surface area contributed by atoms with Crippen molar-refractivity contribution in [3.05, 3.63) is 76.5 Å². The van der Waals surface area contributed by atoms with Gasteiger partial charge in [0.25, 0.3) is 10.0 Å². The Morgan fingerprint density at radius 3 is 2.69 bits per heavy atom. The van der Waals surface area contributed by atoms with Crippen LogP contribution in [0.25, 0.3) is 22.2 Å². The summed E-state index contributed by atoms with van der Waals surface area (Å²) in [6, 6.07) is 15.0. The van der Waals surface area contributed by atoms with Crippen LogP contribution in [-0.2, 0) is 16.4 Å². The molecule has 29 heavy (non-hydrogen) atoms. The van der Waals surface area contributed by atoms with E-state index in [2.05, 4.69) is 38.4 Å². The van der Waals surface area contributed by atoms with E-state index in [-0.39, 0.29) is 4.90 Å². The second kappa shape index (κ2) is 6.71. The van der Waals surface area contributed by atoms with E-state index in [0.717, 1.165) is 45.2 Å². The van der Waals surface area contributed by atoms with Crippen molar-refractivity contribution in [2.45, 2.75) is 18.2 Å². The normalized spacial score (nSPS) is 13.4. The van der Waals surface area contributed by atoms with Gasteiger partial charge >= 0.3 is 0 Å². The van der Waals surface area contributed by atoms with Gasteiger partial charge in [0.1, 0.15) is 0 Å². The van der Waals surface area contributed by atoms with Crippen LogP contribution < -0.4 is 5.32 Å². The van der Waals surface area contributed by atoms with Gasteiger partial charge in [-0.1, -0.05) is 23.8 Å². The summed E-state index contributed by atoms with van der Waals surface area (Å²) in [7, 11) is -3.77. The lowest BCUT2D eigenvalue weighted by Gasteiger charge is -2.07. The molecular formula is C22H18BrN3O2S. The van der Waals surface area contributed by atoms with Gasteiger partial charge in [-0.05, 0) is 70.7 Å². The highest BCUT2D eigenvalue weighted by molar-refractivity contribution is 9.10. The molecule has 4 aromatic rings. The van der Waals surface area contributed by atoms with Gasteiger partial charge in [-0.15, -0.1) is 0 Å². The van der Waals surface area contributed by atoms with E-state index in [1.54, 1.807) is 36.7 Å². The fourth-order valence-corrected chi connectivity index (χ4v) is 5.42. The SMILES string of the molecule is Cc1ccc(S(=O)(=O)n2cc(-c3ccc4c(c3)CCN4)c3cc(Br)cnc32)cc1. The minimum absolute atomic E-state index is 0.245. The first-order valence-electron chi connectivity index (χ1n) is 9.29. The topological polar surface area (TPSA) is 64.0 Å². The summed E-state index contributed by atoms with van der Waals surface area (Å²) >= 11 is 3.47. The Balaban J connectivity index is 1.75. The van der Waals surface area contributed by atoms with Gasteiger partial charge in [0, 0.05) is 40.0 Å². The predicted octanol–water partition coefficient (Wildman–Crippen LogP) is 4.98. The monoisotopic (exact) mass is 467 g/mol. The van der Waals surface area contributed by atoms with Crippen molar-refractivity contribution in [2.75, 3.05) is 11.9 Å². The van der Waals surface area contributed by atoms with Gasteiger partial charge in [0.15, 0.2) is 5.65 Å².